The van der Waals surface area contributed by atoms with Gasteiger partial charge in [0.15, 0.2) is 0 Å². The van der Waals surface area contributed by atoms with E-state index in [0.717, 1.165) is 31.5 Å². The molecule has 0 radical (unpaired) electrons. The fraction of sp³-hybridized carbons (Fsp3) is 0.520. The number of carbonyl (C=O) groups excluding carboxylic acids is 2. The summed E-state index contributed by atoms with van der Waals surface area (Å²) in [5.74, 6) is 0.467. The second-order valence-electron chi connectivity index (χ2n) is 9.50. The third kappa shape index (κ3) is 7.24. The molecule has 1 atom stereocenters. The zero-order valence-electron chi connectivity index (χ0n) is 19.1. The third-order valence-electron chi connectivity index (χ3n) is 5.66. The van der Waals surface area contributed by atoms with Crippen LogP contribution in [0.2, 0.25) is 0 Å². The number of fused-ring (bicyclic) bond motifs is 1. The van der Waals surface area contributed by atoms with Crippen molar-refractivity contribution in [3.63, 3.8) is 0 Å². The number of amides is 2. The number of hydrogen-bond acceptors (Lipinski definition) is 4. The van der Waals surface area contributed by atoms with E-state index in [-0.39, 0.29) is 18.0 Å². The number of carbonyl (C=O) groups is 2. The summed E-state index contributed by atoms with van der Waals surface area (Å²) < 4.78 is 5.29. The highest BCUT2D eigenvalue weighted by Crippen LogP contribution is 2.21. The molecule has 2 aromatic rings. The number of rotatable bonds is 6. The van der Waals surface area contributed by atoms with Crippen molar-refractivity contribution < 1.29 is 14.3 Å². The molecule has 6 nitrogen and oxygen atoms in total. The highest BCUT2D eigenvalue weighted by Gasteiger charge is 2.23. The van der Waals surface area contributed by atoms with Gasteiger partial charge in [0.2, 0.25) is 5.91 Å². The molecule has 3 rings (SSSR count). The van der Waals surface area contributed by atoms with Crippen molar-refractivity contribution in [3.8, 4) is 0 Å². The molecule has 1 unspecified atom stereocenters. The maximum atomic E-state index is 12.6. The molecule has 6 heteroatoms. The van der Waals surface area contributed by atoms with Crippen molar-refractivity contribution in [2.75, 3.05) is 26.2 Å². The molecule has 31 heavy (non-hydrogen) atoms. The minimum atomic E-state index is -0.481. The molecule has 1 saturated heterocycles. The Hall–Kier alpha value is -2.60. The number of likely N-dealkylation sites (tertiary alicyclic amines) is 1. The van der Waals surface area contributed by atoms with Crippen LogP contribution in [0.25, 0.3) is 10.8 Å². The van der Waals surface area contributed by atoms with Crippen molar-refractivity contribution in [3.05, 3.63) is 48.0 Å². The van der Waals surface area contributed by atoms with Gasteiger partial charge >= 0.3 is 6.09 Å². The fourth-order valence-corrected chi connectivity index (χ4v) is 3.94. The molecular formula is C25H35N3O3. The number of benzene rings is 2. The Bertz CT molecular complexity index is 898. The van der Waals surface area contributed by atoms with Crippen LogP contribution in [0.1, 0.15) is 52.1 Å². The topological polar surface area (TPSA) is 70.7 Å². The normalized spacial score (nSPS) is 16.6. The number of piperidine rings is 1. The number of hydrogen-bond donors (Lipinski definition) is 2. The van der Waals surface area contributed by atoms with Gasteiger partial charge in [-0.1, -0.05) is 36.4 Å². The Balaban J connectivity index is 1.40. The lowest BCUT2D eigenvalue weighted by molar-refractivity contribution is -0.123. The van der Waals surface area contributed by atoms with Gasteiger partial charge in [0.1, 0.15) is 5.60 Å². The summed E-state index contributed by atoms with van der Waals surface area (Å²) in [6.07, 6.45) is 1.56. The standard InChI is InChI=1S/C25H35N3O3/c1-18(21-10-9-20-7-5-6-8-22(20)15-21)27-23(29)17-28-13-11-19(12-14-28)16-26-24(30)31-25(2,3)4/h5-10,15,18-19H,11-14,16-17H2,1-4H3,(H,26,30)(H,27,29). The summed E-state index contributed by atoms with van der Waals surface area (Å²) in [4.78, 5) is 26.6. The fourth-order valence-electron chi connectivity index (χ4n) is 3.94. The van der Waals surface area contributed by atoms with Gasteiger partial charge in [-0.2, -0.15) is 0 Å². The van der Waals surface area contributed by atoms with Crippen molar-refractivity contribution in [2.45, 2.75) is 52.2 Å². The molecule has 1 aliphatic rings. The second-order valence-corrected chi connectivity index (χ2v) is 9.50. The third-order valence-corrected chi connectivity index (χ3v) is 5.66. The minimum Gasteiger partial charge on any atom is -0.444 e. The highest BCUT2D eigenvalue weighted by atomic mass is 16.6. The van der Waals surface area contributed by atoms with Gasteiger partial charge < -0.3 is 15.4 Å². The van der Waals surface area contributed by atoms with Gasteiger partial charge in [-0.25, -0.2) is 4.79 Å². The molecule has 2 N–H and O–H groups in total. The van der Waals surface area contributed by atoms with E-state index in [0.29, 0.717) is 19.0 Å². The summed E-state index contributed by atoms with van der Waals surface area (Å²) in [5.41, 5.74) is 0.629. The van der Waals surface area contributed by atoms with Crippen LogP contribution in [-0.2, 0) is 9.53 Å². The number of nitrogens with zero attached hydrogens (tertiary/aromatic N) is 1. The quantitative estimate of drug-likeness (QED) is 0.726. The van der Waals surface area contributed by atoms with E-state index in [4.69, 9.17) is 4.74 Å². The summed E-state index contributed by atoms with van der Waals surface area (Å²) >= 11 is 0. The highest BCUT2D eigenvalue weighted by molar-refractivity contribution is 5.83. The first-order valence-corrected chi connectivity index (χ1v) is 11.2. The van der Waals surface area contributed by atoms with Gasteiger partial charge in [0, 0.05) is 6.54 Å². The van der Waals surface area contributed by atoms with E-state index in [1.165, 1.54) is 10.8 Å². The first kappa shape index (κ1) is 23.1. The van der Waals surface area contributed by atoms with Crippen LogP contribution in [0.15, 0.2) is 42.5 Å². The van der Waals surface area contributed by atoms with Crippen molar-refractivity contribution in [2.24, 2.45) is 5.92 Å². The lowest BCUT2D eigenvalue weighted by Crippen LogP contribution is -2.44. The van der Waals surface area contributed by atoms with Crippen LogP contribution in [0.3, 0.4) is 0 Å². The lowest BCUT2D eigenvalue weighted by Gasteiger charge is -2.32. The van der Waals surface area contributed by atoms with Gasteiger partial charge in [0.25, 0.3) is 0 Å². The maximum Gasteiger partial charge on any atom is 0.407 e. The lowest BCUT2D eigenvalue weighted by atomic mass is 9.97. The molecule has 2 amide bonds. The second kappa shape index (κ2) is 10.1. The molecule has 0 spiro atoms. The first-order valence-electron chi connectivity index (χ1n) is 11.2. The Morgan fingerprint density at radius 2 is 1.77 bits per heavy atom. The molecule has 0 aliphatic carbocycles. The van der Waals surface area contributed by atoms with Crippen molar-refractivity contribution in [1.82, 2.24) is 15.5 Å². The molecule has 0 bridgehead atoms. The molecule has 1 aliphatic heterocycles. The van der Waals surface area contributed by atoms with E-state index in [1.54, 1.807) is 0 Å². The first-order chi connectivity index (χ1) is 14.7. The maximum absolute atomic E-state index is 12.6. The largest absolute Gasteiger partial charge is 0.444 e. The van der Waals surface area contributed by atoms with Gasteiger partial charge in [-0.3, -0.25) is 9.69 Å². The zero-order valence-corrected chi connectivity index (χ0v) is 19.1. The molecule has 0 aromatic heterocycles. The zero-order chi connectivity index (χ0) is 22.4. The summed E-state index contributed by atoms with van der Waals surface area (Å²) in [6.45, 7) is 10.3. The van der Waals surface area contributed by atoms with Crippen LogP contribution in [-0.4, -0.2) is 48.7 Å². The average molecular weight is 426 g/mol. The average Bonchev–Trinajstić information content (AvgIpc) is 2.71. The predicted octanol–water partition coefficient (Wildman–Crippen LogP) is 4.25. The Labute approximate surface area is 185 Å². The van der Waals surface area contributed by atoms with Crippen LogP contribution in [0.4, 0.5) is 4.79 Å². The Morgan fingerprint density at radius 1 is 1.10 bits per heavy atom. The summed E-state index contributed by atoms with van der Waals surface area (Å²) in [6, 6.07) is 14.5. The Kier molecular flexibility index (Phi) is 7.55. The van der Waals surface area contributed by atoms with E-state index in [9.17, 15) is 9.59 Å². The van der Waals surface area contributed by atoms with E-state index in [1.807, 2.05) is 39.8 Å². The molecule has 0 saturated carbocycles. The van der Waals surface area contributed by atoms with Crippen LogP contribution >= 0.6 is 0 Å². The van der Waals surface area contributed by atoms with Crippen molar-refractivity contribution in [1.29, 1.82) is 0 Å². The molecular weight excluding hydrogens is 390 g/mol. The monoisotopic (exact) mass is 425 g/mol. The van der Waals surface area contributed by atoms with E-state index < -0.39 is 5.60 Å². The molecule has 168 valence electrons. The van der Waals surface area contributed by atoms with Crippen LogP contribution < -0.4 is 10.6 Å². The summed E-state index contributed by atoms with van der Waals surface area (Å²) in [7, 11) is 0. The molecule has 2 aromatic carbocycles. The summed E-state index contributed by atoms with van der Waals surface area (Å²) in [5, 5.41) is 8.38. The van der Waals surface area contributed by atoms with E-state index >= 15 is 0 Å². The van der Waals surface area contributed by atoms with Gasteiger partial charge in [-0.15, -0.1) is 0 Å². The number of alkyl carbamates (subject to hydrolysis) is 1. The number of nitrogens with one attached hydrogen (secondary N) is 2. The Morgan fingerprint density at radius 3 is 2.45 bits per heavy atom. The predicted molar refractivity (Wildman–Crippen MR) is 124 cm³/mol. The van der Waals surface area contributed by atoms with Crippen molar-refractivity contribution >= 4 is 22.8 Å². The van der Waals surface area contributed by atoms with Crippen LogP contribution in [0, 0.1) is 5.92 Å². The number of ether oxygens (including phenoxy) is 1. The van der Waals surface area contributed by atoms with Gasteiger partial charge in [0.05, 0.1) is 12.6 Å². The SMILES string of the molecule is CC(NC(=O)CN1CCC(CNC(=O)OC(C)(C)C)CC1)c1ccc2ccccc2c1. The van der Waals surface area contributed by atoms with Crippen LogP contribution in [0.5, 0.6) is 0 Å². The molecule has 1 heterocycles. The van der Waals surface area contributed by atoms with E-state index in [2.05, 4.69) is 45.9 Å². The minimum absolute atomic E-state index is 0.0346. The smallest absolute Gasteiger partial charge is 0.407 e. The molecule has 1 fully saturated rings. The van der Waals surface area contributed by atoms with Gasteiger partial charge in [-0.05, 0) is 81.9 Å².